The molecule has 28 heavy (non-hydrogen) atoms. The molecule has 0 spiro atoms. The Bertz CT molecular complexity index is 1130. The molecule has 0 saturated carbocycles. The molecule has 0 amide bonds. The van der Waals surface area contributed by atoms with Gasteiger partial charge in [0.05, 0.1) is 18.5 Å². The van der Waals surface area contributed by atoms with Crippen LogP contribution in [0.5, 0.6) is 0 Å². The molecule has 0 bridgehead atoms. The van der Waals surface area contributed by atoms with Gasteiger partial charge in [-0.1, -0.05) is 30.3 Å². The van der Waals surface area contributed by atoms with Crippen molar-refractivity contribution in [3.05, 3.63) is 106 Å². The van der Waals surface area contributed by atoms with Gasteiger partial charge in [0.2, 0.25) is 4.80 Å². The third kappa shape index (κ3) is 4.29. The maximum Gasteiger partial charge on any atom is 0.206 e. The number of halogens is 1. The molecular formula is C22H17FN4S. The molecule has 0 atom stereocenters. The minimum absolute atomic E-state index is 0.264. The first kappa shape index (κ1) is 18.0. The third-order valence-corrected chi connectivity index (χ3v) is 4.95. The second-order valence-electron chi connectivity index (χ2n) is 6.05. The number of benzene rings is 2. The number of hydrogen-bond acceptors (Lipinski definition) is 4. The van der Waals surface area contributed by atoms with Crippen LogP contribution in [0.2, 0.25) is 0 Å². The van der Waals surface area contributed by atoms with Gasteiger partial charge < -0.3 is 0 Å². The standard InChI is InChI=1S/C22H17FN4S/c23-20-8-6-19(7-9-20)21-16-28-22(25-14-17-4-2-1-3-5-17)27(21)26-15-18-10-12-24-13-11-18/h1-13,15-16H,14H2. The summed E-state index contributed by atoms with van der Waals surface area (Å²) in [5, 5.41) is 6.62. The molecule has 6 heteroatoms. The van der Waals surface area contributed by atoms with Crippen LogP contribution in [-0.4, -0.2) is 15.9 Å². The van der Waals surface area contributed by atoms with E-state index in [-0.39, 0.29) is 5.82 Å². The summed E-state index contributed by atoms with van der Waals surface area (Å²) in [6, 6.07) is 20.2. The van der Waals surface area contributed by atoms with Gasteiger partial charge in [-0.25, -0.2) is 9.07 Å². The molecule has 2 aromatic heterocycles. The average Bonchev–Trinajstić information content (AvgIpc) is 3.15. The van der Waals surface area contributed by atoms with Crippen molar-refractivity contribution < 1.29 is 4.39 Å². The van der Waals surface area contributed by atoms with Crippen molar-refractivity contribution in [1.29, 1.82) is 0 Å². The first-order chi connectivity index (χ1) is 13.8. The lowest BCUT2D eigenvalue weighted by Crippen LogP contribution is -2.12. The van der Waals surface area contributed by atoms with Crippen LogP contribution in [0.4, 0.5) is 4.39 Å². The van der Waals surface area contributed by atoms with Gasteiger partial charge in [0.15, 0.2) is 0 Å². The normalized spacial score (nSPS) is 12.0. The van der Waals surface area contributed by atoms with Gasteiger partial charge in [-0.3, -0.25) is 9.98 Å². The highest BCUT2D eigenvalue weighted by Crippen LogP contribution is 2.20. The largest absolute Gasteiger partial charge is 0.265 e. The van der Waals surface area contributed by atoms with Gasteiger partial charge in [0.1, 0.15) is 5.82 Å². The topological polar surface area (TPSA) is 42.5 Å². The van der Waals surface area contributed by atoms with E-state index in [4.69, 9.17) is 4.99 Å². The predicted molar refractivity (Wildman–Crippen MR) is 111 cm³/mol. The Hall–Kier alpha value is -3.38. The van der Waals surface area contributed by atoms with E-state index in [9.17, 15) is 4.39 Å². The fraction of sp³-hybridized carbons (Fsp3) is 0.0455. The smallest absolute Gasteiger partial charge is 0.206 e. The highest BCUT2D eigenvalue weighted by atomic mass is 32.1. The summed E-state index contributed by atoms with van der Waals surface area (Å²) in [5.41, 5.74) is 3.81. The number of thiazole rings is 1. The van der Waals surface area contributed by atoms with Crippen LogP contribution in [0.15, 0.2) is 94.6 Å². The Morgan fingerprint density at radius 3 is 2.46 bits per heavy atom. The van der Waals surface area contributed by atoms with Gasteiger partial charge in [0.25, 0.3) is 0 Å². The first-order valence-electron chi connectivity index (χ1n) is 8.75. The SMILES string of the molecule is Fc1ccc(-c2csc(=NCc3ccccc3)n2N=Cc2ccncc2)cc1. The molecule has 4 nitrogen and oxygen atoms in total. The average molecular weight is 388 g/mol. The van der Waals surface area contributed by atoms with E-state index in [0.717, 1.165) is 27.2 Å². The monoisotopic (exact) mass is 388 g/mol. The Balaban J connectivity index is 1.75. The Morgan fingerprint density at radius 2 is 1.71 bits per heavy atom. The number of pyridine rings is 1. The lowest BCUT2D eigenvalue weighted by atomic mass is 10.2. The van der Waals surface area contributed by atoms with Crippen molar-refractivity contribution in [2.45, 2.75) is 6.54 Å². The number of nitrogens with zero attached hydrogens (tertiary/aromatic N) is 4. The second-order valence-corrected chi connectivity index (χ2v) is 6.89. The molecule has 2 aromatic carbocycles. The molecule has 0 aliphatic heterocycles. The van der Waals surface area contributed by atoms with Gasteiger partial charge >= 0.3 is 0 Å². The van der Waals surface area contributed by atoms with Gasteiger partial charge in [-0.15, -0.1) is 11.3 Å². The highest BCUT2D eigenvalue weighted by Gasteiger charge is 2.07. The molecule has 0 fully saturated rings. The molecule has 0 unspecified atom stereocenters. The zero-order valence-corrected chi connectivity index (χ0v) is 15.8. The Kier molecular flexibility index (Phi) is 5.49. The van der Waals surface area contributed by atoms with Gasteiger partial charge in [-0.2, -0.15) is 5.10 Å². The minimum atomic E-state index is -0.264. The predicted octanol–water partition coefficient (Wildman–Crippen LogP) is 4.73. The fourth-order valence-electron chi connectivity index (χ4n) is 2.65. The molecule has 0 aliphatic rings. The summed E-state index contributed by atoms with van der Waals surface area (Å²) in [7, 11) is 0. The maximum atomic E-state index is 13.3. The molecule has 0 N–H and O–H groups in total. The van der Waals surface area contributed by atoms with Crippen LogP contribution < -0.4 is 4.80 Å². The zero-order valence-electron chi connectivity index (χ0n) is 14.9. The van der Waals surface area contributed by atoms with E-state index in [1.165, 1.54) is 23.5 Å². The Labute approximate surface area is 166 Å². The van der Waals surface area contributed by atoms with Gasteiger partial charge in [0, 0.05) is 23.3 Å². The second kappa shape index (κ2) is 8.54. The Morgan fingerprint density at radius 1 is 0.964 bits per heavy atom. The van der Waals surface area contributed by atoms with Crippen LogP contribution >= 0.6 is 11.3 Å². The molecule has 4 aromatic rings. The van der Waals surface area contributed by atoms with E-state index < -0.39 is 0 Å². The summed E-state index contributed by atoms with van der Waals surface area (Å²) in [4.78, 5) is 9.53. The lowest BCUT2D eigenvalue weighted by Gasteiger charge is -2.04. The minimum Gasteiger partial charge on any atom is -0.265 e. The highest BCUT2D eigenvalue weighted by molar-refractivity contribution is 7.07. The van der Waals surface area contributed by atoms with Crippen molar-refractivity contribution in [2.75, 3.05) is 0 Å². The lowest BCUT2D eigenvalue weighted by molar-refractivity contribution is 0.628. The van der Waals surface area contributed by atoms with E-state index >= 15 is 0 Å². The van der Waals surface area contributed by atoms with Gasteiger partial charge in [-0.05, 0) is 47.5 Å². The fourth-order valence-corrected chi connectivity index (χ4v) is 3.49. The van der Waals surface area contributed by atoms with Crippen molar-refractivity contribution in [2.24, 2.45) is 10.1 Å². The van der Waals surface area contributed by atoms with Crippen LogP contribution in [0.25, 0.3) is 11.3 Å². The van der Waals surface area contributed by atoms with Crippen molar-refractivity contribution in [3.63, 3.8) is 0 Å². The van der Waals surface area contributed by atoms with E-state index in [2.05, 4.69) is 10.1 Å². The summed E-state index contributed by atoms with van der Waals surface area (Å²) in [5.74, 6) is -0.264. The van der Waals surface area contributed by atoms with E-state index in [0.29, 0.717) is 6.54 Å². The first-order valence-corrected chi connectivity index (χ1v) is 9.63. The molecule has 0 radical (unpaired) electrons. The summed E-state index contributed by atoms with van der Waals surface area (Å²) >= 11 is 1.51. The quantitative estimate of drug-likeness (QED) is 0.456. The van der Waals surface area contributed by atoms with E-state index in [1.807, 2.05) is 47.8 Å². The van der Waals surface area contributed by atoms with E-state index in [1.54, 1.807) is 35.4 Å². The summed E-state index contributed by atoms with van der Waals surface area (Å²) in [6.07, 6.45) is 5.21. The molecule has 0 saturated heterocycles. The molecule has 138 valence electrons. The molecule has 2 heterocycles. The third-order valence-electron chi connectivity index (χ3n) is 4.09. The summed E-state index contributed by atoms with van der Waals surface area (Å²) in [6.45, 7) is 0.564. The van der Waals surface area contributed by atoms with Crippen molar-refractivity contribution in [3.8, 4) is 11.3 Å². The van der Waals surface area contributed by atoms with Crippen LogP contribution in [0, 0.1) is 5.82 Å². The summed E-state index contributed by atoms with van der Waals surface area (Å²) < 4.78 is 15.1. The van der Waals surface area contributed by atoms with Crippen molar-refractivity contribution >= 4 is 17.6 Å². The van der Waals surface area contributed by atoms with Crippen LogP contribution in [-0.2, 0) is 6.54 Å². The maximum absolute atomic E-state index is 13.3. The molecule has 0 aliphatic carbocycles. The molecule has 4 rings (SSSR count). The zero-order chi connectivity index (χ0) is 19.2. The number of hydrogen-bond donors (Lipinski definition) is 0. The van der Waals surface area contributed by atoms with Crippen molar-refractivity contribution in [1.82, 2.24) is 9.66 Å². The van der Waals surface area contributed by atoms with Crippen LogP contribution in [0.1, 0.15) is 11.1 Å². The van der Waals surface area contributed by atoms with Crippen LogP contribution in [0.3, 0.4) is 0 Å². The molecular weight excluding hydrogens is 371 g/mol. The number of aromatic nitrogens is 2. The number of rotatable bonds is 5.